The van der Waals surface area contributed by atoms with Gasteiger partial charge in [-0.3, -0.25) is 9.79 Å². The summed E-state index contributed by atoms with van der Waals surface area (Å²) < 4.78 is 10.6. The van der Waals surface area contributed by atoms with Gasteiger partial charge in [-0.05, 0) is 18.6 Å². The normalized spacial score (nSPS) is 16.6. The highest BCUT2D eigenvalue weighted by Crippen LogP contribution is 2.16. The van der Waals surface area contributed by atoms with E-state index in [1.165, 1.54) is 0 Å². The van der Waals surface area contributed by atoms with Crippen LogP contribution in [-0.2, 0) is 9.47 Å². The van der Waals surface area contributed by atoms with Crippen molar-refractivity contribution in [1.82, 2.24) is 15.5 Å². The molecule has 1 heterocycles. The number of amides is 1. The van der Waals surface area contributed by atoms with E-state index in [0.717, 1.165) is 32.1 Å². The lowest BCUT2D eigenvalue weighted by Crippen LogP contribution is -2.43. The molecule has 9 heteroatoms. The van der Waals surface area contributed by atoms with Crippen LogP contribution in [0.2, 0.25) is 5.02 Å². The van der Waals surface area contributed by atoms with Crippen molar-refractivity contribution >= 4 is 47.4 Å². The summed E-state index contributed by atoms with van der Waals surface area (Å²) in [5.41, 5.74) is 0.486. The van der Waals surface area contributed by atoms with Crippen molar-refractivity contribution in [3.05, 3.63) is 34.9 Å². The number of carbonyl (C=O) groups is 1. The maximum absolute atomic E-state index is 12.1. The fourth-order valence-electron chi connectivity index (χ4n) is 2.98. The van der Waals surface area contributed by atoms with Gasteiger partial charge in [0.2, 0.25) is 0 Å². The van der Waals surface area contributed by atoms with E-state index in [9.17, 15) is 4.79 Å². The summed E-state index contributed by atoms with van der Waals surface area (Å²) in [6.45, 7) is 4.94. The van der Waals surface area contributed by atoms with Crippen LogP contribution >= 0.6 is 35.6 Å². The van der Waals surface area contributed by atoms with Gasteiger partial charge in [0, 0.05) is 46.3 Å². The highest BCUT2D eigenvalue weighted by atomic mass is 127. The standard InChI is InChI=1S/C19H29ClN4O3.HI/c1-21-19(24-10-7-15(13-24)14-27-12-11-26-2)23-9-8-22-18(25)16-5-3-4-6-17(16)20;/h3-6,15H,7-14H2,1-2H3,(H,21,23)(H,22,25);1H. The van der Waals surface area contributed by atoms with Crippen LogP contribution in [0.4, 0.5) is 0 Å². The van der Waals surface area contributed by atoms with Gasteiger partial charge in [-0.2, -0.15) is 0 Å². The SMILES string of the molecule is CN=C(NCCNC(=O)c1ccccc1Cl)N1CCC(COCCOC)C1.I. The van der Waals surface area contributed by atoms with Gasteiger partial charge in [0.05, 0.1) is 30.4 Å². The predicted octanol–water partition coefficient (Wildman–Crippen LogP) is 2.25. The zero-order chi connectivity index (χ0) is 19.5. The molecule has 2 rings (SSSR count). The van der Waals surface area contributed by atoms with Crippen LogP contribution < -0.4 is 10.6 Å². The van der Waals surface area contributed by atoms with Crippen molar-refractivity contribution in [2.24, 2.45) is 10.9 Å². The third kappa shape index (κ3) is 8.10. The molecule has 28 heavy (non-hydrogen) atoms. The van der Waals surface area contributed by atoms with Crippen molar-refractivity contribution < 1.29 is 14.3 Å². The first-order valence-corrected chi connectivity index (χ1v) is 9.58. The number of nitrogens with one attached hydrogen (secondary N) is 2. The third-order valence-electron chi connectivity index (χ3n) is 4.39. The molecule has 1 aliphatic heterocycles. The Balaban J connectivity index is 0.00000392. The number of guanidine groups is 1. The highest BCUT2D eigenvalue weighted by molar-refractivity contribution is 14.0. The molecule has 1 atom stereocenters. The van der Waals surface area contributed by atoms with E-state index in [0.29, 0.717) is 42.8 Å². The first-order chi connectivity index (χ1) is 13.2. The maximum Gasteiger partial charge on any atom is 0.252 e. The Hall–Kier alpha value is -1.10. The molecule has 0 aromatic heterocycles. The van der Waals surface area contributed by atoms with E-state index >= 15 is 0 Å². The molecule has 1 aromatic carbocycles. The highest BCUT2D eigenvalue weighted by Gasteiger charge is 2.24. The monoisotopic (exact) mass is 524 g/mol. The number of benzene rings is 1. The Morgan fingerprint density at radius 3 is 2.75 bits per heavy atom. The third-order valence-corrected chi connectivity index (χ3v) is 4.72. The van der Waals surface area contributed by atoms with Gasteiger partial charge < -0.3 is 25.0 Å². The summed E-state index contributed by atoms with van der Waals surface area (Å²) in [4.78, 5) is 18.7. The Kier molecular flexibility index (Phi) is 12.4. The van der Waals surface area contributed by atoms with Gasteiger partial charge in [-0.25, -0.2) is 0 Å². The fourth-order valence-corrected chi connectivity index (χ4v) is 3.20. The summed E-state index contributed by atoms with van der Waals surface area (Å²) in [5.74, 6) is 1.17. The zero-order valence-electron chi connectivity index (χ0n) is 16.4. The summed E-state index contributed by atoms with van der Waals surface area (Å²) >= 11 is 6.04. The number of ether oxygens (including phenoxy) is 2. The van der Waals surface area contributed by atoms with Gasteiger partial charge >= 0.3 is 0 Å². The molecular weight excluding hydrogens is 495 g/mol. The van der Waals surface area contributed by atoms with E-state index in [1.54, 1.807) is 38.4 Å². The lowest BCUT2D eigenvalue weighted by molar-refractivity contribution is 0.0536. The number of rotatable bonds is 9. The molecule has 0 bridgehead atoms. The maximum atomic E-state index is 12.1. The Labute approximate surface area is 189 Å². The van der Waals surface area contributed by atoms with E-state index < -0.39 is 0 Å². The molecule has 1 aliphatic rings. The summed E-state index contributed by atoms with van der Waals surface area (Å²) in [6, 6.07) is 7.02. The first kappa shape index (κ1) is 24.9. The summed E-state index contributed by atoms with van der Waals surface area (Å²) in [6.07, 6.45) is 1.08. The number of hydrogen-bond acceptors (Lipinski definition) is 4. The smallest absolute Gasteiger partial charge is 0.252 e. The van der Waals surface area contributed by atoms with E-state index in [4.69, 9.17) is 21.1 Å². The van der Waals surface area contributed by atoms with E-state index in [-0.39, 0.29) is 29.9 Å². The molecule has 1 amide bonds. The molecule has 7 nitrogen and oxygen atoms in total. The minimum Gasteiger partial charge on any atom is -0.382 e. The van der Waals surface area contributed by atoms with Gasteiger partial charge in [0.1, 0.15) is 0 Å². The van der Waals surface area contributed by atoms with Crippen LogP contribution in [0.15, 0.2) is 29.3 Å². The average molecular weight is 525 g/mol. The number of likely N-dealkylation sites (tertiary alicyclic amines) is 1. The number of carbonyl (C=O) groups excluding carboxylic acids is 1. The Bertz CT molecular complexity index is 633. The number of methoxy groups -OCH3 is 1. The second-order valence-corrected chi connectivity index (χ2v) is 6.79. The fraction of sp³-hybridized carbons (Fsp3) is 0.579. The Morgan fingerprint density at radius 2 is 2.04 bits per heavy atom. The van der Waals surface area contributed by atoms with Crippen molar-refractivity contribution in [2.45, 2.75) is 6.42 Å². The molecule has 1 fully saturated rings. The van der Waals surface area contributed by atoms with Gasteiger partial charge in [-0.15, -0.1) is 24.0 Å². The minimum absolute atomic E-state index is 0. The second-order valence-electron chi connectivity index (χ2n) is 6.38. The lowest BCUT2D eigenvalue weighted by atomic mass is 10.1. The van der Waals surface area contributed by atoms with Gasteiger partial charge in [0.15, 0.2) is 5.96 Å². The predicted molar refractivity (Wildman–Crippen MR) is 123 cm³/mol. The second kappa shape index (κ2) is 14.0. The number of nitrogens with zero attached hydrogens (tertiary/aromatic N) is 2. The zero-order valence-corrected chi connectivity index (χ0v) is 19.5. The van der Waals surface area contributed by atoms with Crippen molar-refractivity contribution in [3.8, 4) is 0 Å². The Morgan fingerprint density at radius 1 is 1.29 bits per heavy atom. The van der Waals surface area contributed by atoms with Crippen molar-refractivity contribution in [3.63, 3.8) is 0 Å². The molecular formula is C19H30ClIN4O3. The lowest BCUT2D eigenvalue weighted by Gasteiger charge is -2.22. The van der Waals surface area contributed by atoms with Crippen LogP contribution in [0.5, 0.6) is 0 Å². The summed E-state index contributed by atoms with van der Waals surface area (Å²) in [5, 5.41) is 6.62. The molecule has 1 aromatic rings. The van der Waals surface area contributed by atoms with Crippen LogP contribution in [0, 0.1) is 5.92 Å². The van der Waals surface area contributed by atoms with Crippen LogP contribution in [0.1, 0.15) is 16.8 Å². The van der Waals surface area contributed by atoms with Gasteiger partial charge in [-0.1, -0.05) is 23.7 Å². The van der Waals surface area contributed by atoms with Crippen LogP contribution in [0.3, 0.4) is 0 Å². The van der Waals surface area contributed by atoms with Crippen LogP contribution in [-0.4, -0.2) is 76.9 Å². The van der Waals surface area contributed by atoms with E-state index in [2.05, 4.69) is 20.5 Å². The molecule has 0 aliphatic carbocycles. The van der Waals surface area contributed by atoms with Crippen molar-refractivity contribution in [1.29, 1.82) is 0 Å². The molecule has 1 unspecified atom stereocenters. The summed E-state index contributed by atoms with van der Waals surface area (Å²) in [7, 11) is 3.44. The molecule has 2 N–H and O–H groups in total. The molecule has 1 saturated heterocycles. The van der Waals surface area contributed by atoms with E-state index in [1.807, 2.05) is 0 Å². The largest absolute Gasteiger partial charge is 0.382 e. The quantitative estimate of drug-likeness (QED) is 0.224. The topological polar surface area (TPSA) is 75.2 Å². The molecule has 0 spiro atoms. The number of hydrogen-bond donors (Lipinski definition) is 2. The molecule has 0 radical (unpaired) electrons. The average Bonchev–Trinajstić information content (AvgIpc) is 3.14. The van der Waals surface area contributed by atoms with Crippen molar-refractivity contribution in [2.75, 3.05) is 60.2 Å². The van der Waals surface area contributed by atoms with Gasteiger partial charge in [0.25, 0.3) is 5.91 Å². The molecule has 0 saturated carbocycles. The number of aliphatic imine (C=N–C) groups is 1. The number of halogens is 2. The minimum atomic E-state index is -0.174. The van der Waals surface area contributed by atoms with Crippen LogP contribution in [0.25, 0.3) is 0 Å². The first-order valence-electron chi connectivity index (χ1n) is 9.20. The molecule has 158 valence electrons.